The Labute approximate surface area is 128 Å². The first-order valence-electron chi connectivity index (χ1n) is 7.02. The van der Waals surface area contributed by atoms with Gasteiger partial charge in [0.05, 0.1) is 0 Å². The second-order valence-corrected chi connectivity index (χ2v) is 7.24. The summed E-state index contributed by atoms with van der Waals surface area (Å²) in [5.74, 6) is 0.705. The molecule has 6 heteroatoms. The second-order valence-electron chi connectivity index (χ2n) is 5.72. The Balaban J connectivity index is 4.64. The molecule has 0 aliphatic heterocycles. The van der Waals surface area contributed by atoms with Crippen molar-refractivity contribution in [1.82, 2.24) is 15.5 Å². The predicted octanol–water partition coefficient (Wildman–Crippen LogP) is 1.55. The molecule has 2 N–H and O–H groups in total. The maximum atomic E-state index is 11.6. The van der Waals surface area contributed by atoms with Crippen LogP contribution in [0.4, 0.5) is 0 Å². The van der Waals surface area contributed by atoms with E-state index in [1.165, 1.54) is 0 Å². The number of carbonyl (C=O) groups is 1. The quantitative estimate of drug-likeness (QED) is 0.553. The fourth-order valence-electron chi connectivity index (χ4n) is 1.14. The van der Waals surface area contributed by atoms with Crippen molar-refractivity contribution in [3.8, 4) is 0 Å². The fraction of sp³-hybridized carbons (Fsp3) is 0.857. The number of amides is 1. The molecule has 5 nitrogen and oxygen atoms in total. The number of aliphatic imine (C=N–C) groups is 1. The summed E-state index contributed by atoms with van der Waals surface area (Å²) in [5.41, 5.74) is 0. The van der Waals surface area contributed by atoms with Crippen LogP contribution < -0.4 is 10.6 Å². The van der Waals surface area contributed by atoms with Gasteiger partial charge in [0.15, 0.2) is 5.96 Å². The van der Waals surface area contributed by atoms with Crippen LogP contribution in [0, 0.1) is 0 Å². The van der Waals surface area contributed by atoms with Crippen molar-refractivity contribution in [2.45, 2.75) is 44.9 Å². The number of thioether (sulfide) groups is 1. The maximum Gasteiger partial charge on any atom is 0.243 e. The van der Waals surface area contributed by atoms with Crippen LogP contribution in [0.5, 0.6) is 0 Å². The zero-order valence-electron chi connectivity index (χ0n) is 13.9. The molecule has 0 aliphatic rings. The molecule has 0 fully saturated rings. The van der Waals surface area contributed by atoms with E-state index < -0.39 is 0 Å². The summed E-state index contributed by atoms with van der Waals surface area (Å²) in [4.78, 5) is 17.5. The second kappa shape index (κ2) is 9.10. The molecule has 0 rings (SSSR count). The highest BCUT2D eigenvalue weighted by molar-refractivity contribution is 7.99. The summed E-state index contributed by atoms with van der Waals surface area (Å²) < 4.78 is 0.128. The maximum absolute atomic E-state index is 11.6. The minimum Gasteiger partial charge on any atom is -0.355 e. The van der Waals surface area contributed by atoms with E-state index in [-0.39, 0.29) is 17.2 Å². The highest BCUT2D eigenvalue weighted by Crippen LogP contribution is 2.19. The molecular formula is C14H30N4OS. The zero-order chi connectivity index (χ0) is 15.8. The van der Waals surface area contributed by atoms with Crippen LogP contribution in [0.3, 0.4) is 0 Å². The first-order valence-corrected chi connectivity index (χ1v) is 8.24. The molecule has 0 saturated carbocycles. The van der Waals surface area contributed by atoms with Crippen LogP contribution in [0.25, 0.3) is 0 Å². The van der Waals surface area contributed by atoms with Gasteiger partial charge >= 0.3 is 0 Å². The van der Waals surface area contributed by atoms with Crippen LogP contribution in [-0.4, -0.2) is 61.0 Å². The van der Waals surface area contributed by atoms with Crippen molar-refractivity contribution < 1.29 is 4.79 Å². The van der Waals surface area contributed by atoms with E-state index in [9.17, 15) is 4.79 Å². The van der Waals surface area contributed by atoms with Crippen LogP contribution >= 0.6 is 11.8 Å². The van der Waals surface area contributed by atoms with Crippen molar-refractivity contribution in [1.29, 1.82) is 0 Å². The lowest BCUT2D eigenvalue weighted by Crippen LogP contribution is -2.46. The van der Waals surface area contributed by atoms with E-state index in [1.54, 1.807) is 30.8 Å². The SMILES string of the molecule is CCC(C)NC(=NCC(=O)N(C)C)NCC(C)(C)SC. The Morgan fingerprint density at radius 1 is 1.40 bits per heavy atom. The van der Waals surface area contributed by atoms with Crippen LogP contribution in [-0.2, 0) is 4.79 Å². The molecule has 0 heterocycles. The van der Waals surface area contributed by atoms with Gasteiger partial charge in [0, 0.05) is 31.4 Å². The summed E-state index contributed by atoms with van der Waals surface area (Å²) in [6.45, 7) is 9.54. The number of rotatable bonds is 7. The van der Waals surface area contributed by atoms with Crippen LogP contribution in [0.2, 0.25) is 0 Å². The zero-order valence-corrected chi connectivity index (χ0v) is 14.7. The van der Waals surface area contributed by atoms with Gasteiger partial charge in [-0.3, -0.25) is 4.79 Å². The van der Waals surface area contributed by atoms with Crippen LogP contribution in [0.15, 0.2) is 4.99 Å². The standard InChI is InChI=1S/C14H30N4OS/c1-8-11(2)17-13(15-9-12(19)18(5)6)16-10-14(3,4)20-7/h11H,8-10H2,1-7H3,(H2,15,16,17). The van der Waals surface area contributed by atoms with Crippen molar-refractivity contribution in [3.05, 3.63) is 0 Å². The van der Waals surface area contributed by atoms with E-state index >= 15 is 0 Å². The molecule has 0 saturated heterocycles. The molecule has 20 heavy (non-hydrogen) atoms. The monoisotopic (exact) mass is 302 g/mol. The van der Waals surface area contributed by atoms with E-state index in [2.05, 4.69) is 49.6 Å². The van der Waals surface area contributed by atoms with Crippen molar-refractivity contribution in [2.75, 3.05) is 33.4 Å². The van der Waals surface area contributed by atoms with Gasteiger partial charge < -0.3 is 15.5 Å². The van der Waals surface area contributed by atoms with Gasteiger partial charge in [0.1, 0.15) is 6.54 Å². The van der Waals surface area contributed by atoms with Gasteiger partial charge in [0.2, 0.25) is 5.91 Å². The third kappa shape index (κ3) is 8.30. The molecular weight excluding hydrogens is 272 g/mol. The largest absolute Gasteiger partial charge is 0.355 e. The summed E-state index contributed by atoms with van der Waals surface area (Å²) in [6.07, 6.45) is 3.10. The molecule has 0 spiro atoms. The number of guanidine groups is 1. The molecule has 118 valence electrons. The Kier molecular flexibility index (Phi) is 8.69. The highest BCUT2D eigenvalue weighted by atomic mass is 32.2. The third-order valence-electron chi connectivity index (χ3n) is 3.10. The summed E-state index contributed by atoms with van der Waals surface area (Å²) in [6, 6.07) is 0.327. The summed E-state index contributed by atoms with van der Waals surface area (Å²) in [7, 11) is 3.48. The van der Waals surface area contributed by atoms with E-state index in [1.807, 2.05) is 0 Å². The first-order chi connectivity index (χ1) is 9.21. The van der Waals surface area contributed by atoms with Gasteiger partial charge in [-0.1, -0.05) is 6.92 Å². The van der Waals surface area contributed by atoms with Gasteiger partial charge in [-0.25, -0.2) is 4.99 Å². The number of likely N-dealkylation sites (N-methyl/N-ethyl adjacent to an activating group) is 1. The Bertz CT molecular complexity index is 329. The number of hydrogen-bond acceptors (Lipinski definition) is 3. The highest BCUT2D eigenvalue weighted by Gasteiger charge is 2.17. The molecule has 0 bridgehead atoms. The van der Waals surface area contributed by atoms with E-state index in [4.69, 9.17) is 0 Å². The van der Waals surface area contributed by atoms with Gasteiger partial charge in [-0.05, 0) is 33.4 Å². The average Bonchev–Trinajstić information content (AvgIpc) is 2.40. The molecule has 0 aromatic heterocycles. The fourth-order valence-corrected chi connectivity index (χ4v) is 1.36. The van der Waals surface area contributed by atoms with Crippen molar-refractivity contribution >= 4 is 23.6 Å². The molecule has 0 aromatic carbocycles. The average molecular weight is 302 g/mol. The van der Waals surface area contributed by atoms with E-state index in [0.29, 0.717) is 12.0 Å². The topological polar surface area (TPSA) is 56.7 Å². The minimum atomic E-state index is -0.000576. The number of hydrogen-bond donors (Lipinski definition) is 2. The molecule has 0 radical (unpaired) electrons. The van der Waals surface area contributed by atoms with Crippen LogP contribution in [0.1, 0.15) is 34.1 Å². The minimum absolute atomic E-state index is 0.000576. The molecule has 0 aromatic rings. The predicted molar refractivity (Wildman–Crippen MR) is 89.5 cm³/mol. The summed E-state index contributed by atoms with van der Waals surface area (Å²) >= 11 is 1.80. The Hall–Kier alpha value is -0.910. The van der Waals surface area contributed by atoms with E-state index in [0.717, 1.165) is 13.0 Å². The number of nitrogens with zero attached hydrogens (tertiary/aromatic N) is 2. The normalized spacial score (nSPS) is 13.8. The molecule has 1 unspecified atom stereocenters. The smallest absolute Gasteiger partial charge is 0.243 e. The number of carbonyl (C=O) groups excluding carboxylic acids is 1. The first kappa shape index (κ1) is 19.1. The Morgan fingerprint density at radius 2 is 2.00 bits per heavy atom. The Morgan fingerprint density at radius 3 is 2.45 bits per heavy atom. The molecule has 1 atom stereocenters. The molecule has 1 amide bonds. The lowest BCUT2D eigenvalue weighted by atomic mass is 10.2. The van der Waals surface area contributed by atoms with Gasteiger partial charge in [-0.15, -0.1) is 0 Å². The van der Waals surface area contributed by atoms with Crippen molar-refractivity contribution in [2.24, 2.45) is 4.99 Å². The lowest BCUT2D eigenvalue weighted by molar-refractivity contribution is -0.127. The lowest BCUT2D eigenvalue weighted by Gasteiger charge is -2.25. The van der Waals surface area contributed by atoms with Gasteiger partial charge in [0.25, 0.3) is 0 Å². The number of nitrogens with one attached hydrogen (secondary N) is 2. The molecule has 0 aliphatic carbocycles. The summed E-state index contributed by atoms with van der Waals surface area (Å²) in [5, 5.41) is 6.63. The van der Waals surface area contributed by atoms with Crippen molar-refractivity contribution in [3.63, 3.8) is 0 Å². The third-order valence-corrected chi connectivity index (χ3v) is 4.35. The van der Waals surface area contributed by atoms with Gasteiger partial charge in [-0.2, -0.15) is 11.8 Å².